The number of alkyl halides is 3. The Balaban J connectivity index is 1.69. The number of halogens is 3. The van der Waals surface area contributed by atoms with Crippen LogP contribution in [0.4, 0.5) is 24.5 Å². The maximum absolute atomic E-state index is 13.3. The zero-order valence-corrected chi connectivity index (χ0v) is 20.2. The Morgan fingerprint density at radius 3 is 2.31 bits per heavy atom. The summed E-state index contributed by atoms with van der Waals surface area (Å²) < 4.78 is 40.9. The molecule has 10 heteroatoms. The van der Waals surface area contributed by atoms with Gasteiger partial charge in [-0.1, -0.05) is 50.8 Å². The largest absolute Gasteiger partial charge is 0.573 e. The molecule has 1 aliphatic heterocycles. The Labute approximate surface area is 208 Å². The lowest BCUT2D eigenvalue weighted by Crippen LogP contribution is -2.38. The fourth-order valence-corrected chi connectivity index (χ4v) is 4.33. The van der Waals surface area contributed by atoms with E-state index in [0.717, 1.165) is 44.2 Å². The molecule has 1 heterocycles. The van der Waals surface area contributed by atoms with Gasteiger partial charge in [0, 0.05) is 12.2 Å². The predicted molar refractivity (Wildman–Crippen MR) is 132 cm³/mol. The first-order valence-electron chi connectivity index (χ1n) is 11.5. The third kappa shape index (κ3) is 7.42. The third-order valence-corrected chi connectivity index (χ3v) is 6.00. The number of amides is 2. The van der Waals surface area contributed by atoms with Crippen LogP contribution in [0, 0.1) is 0 Å². The van der Waals surface area contributed by atoms with Gasteiger partial charge in [-0.05, 0) is 55.0 Å². The van der Waals surface area contributed by atoms with Crippen LogP contribution in [-0.2, 0) is 9.59 Å². The fourth-order valence-electron chi connectivity index (χ4n) is 3.92. The summed E-state index contributed by atoms with van der Waals surface area (Å²) in [5, 5.41) is 3.00. The lowest BCUT2D eigenvalue weighted by atomic mass is 10.1. The quantitative estimate of drug-likeness (QED) is 0.304. The number of thiocarbonyl (C=S) groups is 1. The van der Waals surface area contributed by atoms with Gasteiger partial charge in [-0.25, -0.2) is 0 Å². The van der Waals surface area contributed by atoms with Crippen molar-refractivity contribution in [2.45, 2.75) is 57.9 Å². The molecule has 2 aromatic carbocycles. The van der Waals surface area contributed by atoms with Gasteiger partial charge in [0.05, 0.1) is 12.1 Å². The Kier molecular flexibility index (Phi) is 9.08. The van der Waals surface area contributed by atoms with E-state index < -0.39 is 18.3 Å². The van der Waals surface area contributed by atoms with Crippen LogP contribution in [0.2, 0.25) is 0 Å². The van der Waals surface area contributed by atoms with Crippen molar-refractivity contribution in [3.05, 3.63) is 54.6 Å². The van der Waals surface area contributed by atoms with E-state index in [1.807, 2.05) is 18.2 Å². The van der Waals surface area contributed by atoms with Gasteiger partial charge in [-0.2, -0.15) is 0 Å². The summed E-state index contributed by atoms with van der Waals surface area (Å²) in [4.78, 5) is 29.4. The number of hydrogen-bond donors (Lipinski definition) is 1. The van der Waals surface area contributed by atoms with Crippen LogP contribution in [0.15, 0.2) is 54.6 Å². The number of ether oxygens (including phenoxy) is 1. The van der Waals surface area contributed by atoms with Gasteiger partial charge in [0.25, 0.3) is 5.91 Å². The van der Waals surface area contributed by atoms with Crippen LogP contribution in [-0.4, -0.2) is 40.8 Å². The first-order chi connectivity index (χ1) is 16.7. The smallest absolute Gasteiger partial charge is 0.406 e. The molecule has 0 aliphatic carbocycles. The molecule has 0 bridgehead atoms. The topological polar surface area (TPSA) is 61.9 Å². The molecule has 0 saturated carbocycles. The highest BCUT2D eigenvalue weighted by molar-refractivity contribution is 7.80. The normalized spacial score (nSPS) is 16.1. The molecule has 35 heavy (non-hydrogen) atoms. The minimum absolute atomic E-state index is 0.141. The SMILES string of the molecule is CCCCCCCN1C(=S)N(c2ccccc2)C(=O)[C@H]1CC(=O)Nc1ccc(OC(F)(F)F)cc1. The molecular weight excluding hydrogens is 479 g/mol. The summed E-state index contributed by atoms with van der Waals surface area (Å²) in [5.74, 6) is -1.11. The van der Waals surface area contributed by atoms with Crippen LogP contribution in [0.5, 0.6) is 5.75 Å². The highest BCUT2D eigenvalue weighted by Gasteiger charge is 2.43. The maximum Gasteiger partial charge on any atom is 0.573 e. The zero-order valence-electron chi connectivity index (χ0n) is 19.4. The van der Waals surface area contributed by atoms with E-state index >= 15 is 0 Å². The lowest BCUT2D eigenvalue weighted by molar-refractivity contribution is -0.274. The molecule has 1 N–H and O–H groups in total. The van der Waals surface area contributed by atoms with Gasteiger partial charge < -0.3 is 15.0 Å². The van der Waals surface area contributed by atoms with Gasteiger partial charge in [-0.3, -0.25) is 14.5 Å². The molecule has 2 amide bonds. The summed E-state index contributed by atoms with van der Waals surface area (Å²) >= 11 is 5.63. The number of nitrogens with one attached hydrogen (secondary N) is 1. The Morgan fingerprint density at radius 2 is 1.69 bits per heavy atom. The van der Waals surface area contributed by atoms with Crippen LogP contribution in [0.3, 0.4) is 0 Å². The number of anilines is 2. The second kappa shape index (κ2) is 12.0. The number of carbonyl (C=O) groups is 2. The Bertz CT molecular complexity index is 1020. The third-order valence-electron chi connectivity index (χ3n) is 5.59. The molecule has 1 aliphatic rings. The van der Waals surface area contributed by atoms with E-state index in [1.165, 1.54) is 17.0 Å². The van der Waals surface area contributed by atoms with Gasteiger partial charge in [0.15, 0.2) is 5.11 Å². The first-order valence-corrected chi connectivity index (χ1v) is 12.0. The summed E-state index contributed by atoms with van der Waals surface area (Å²) in [6.07, 6.45) is 0.251. The monoisotopic (exact) mass is 507 g/mol. The van der Waals surface area contributed by atoms with E-state index in [9.17, 15) is 22.8 Å². The Hall–Kier alpha value is -3.14. The van der Waals surface area contributed by atoms with Crippen molar-refractivity contribution in [3.8, 4) is 5.75 Å². The fraction of sp³-hybridized carbons (Fsp3) is 0.400. The highest BCUT2D eigenvalue weighted by atomic mass is 32.1. The molecule has 1 saturated heterocycles. The second-order valence-corrected chi connectivity index (χ2v) is 8.60. The number of unbranched alkanes of at least 4 members (excludes halogenated alkanes) is 4. The van der Waals surface area contributed by atoms with Gasteiger partial charge in [0.1, 0.15) is 11.8 Å². The maximum atomic E-state index is 13.3. The van der Waals surface area contributed by atoms with Crippen molar-refractivity contribution in [1.82, 2.24) is 4.90 Å². The van der Waals surface area contributed by atoms with Gasteiger partial charge in [-0.15, -0.1) is 13.2 Å². The van der Waals surface area contributed by atoms with Crippen molar-refractivity contribution >= 4 is 40.5 Å². The molecule has 0 unspecified atom stereocenters. The van der Waals surface area contributed by atoms with Gasteiger partial charge in [0.2, 0.25) is 5.91 Å². The van der Waals surface area contributed by atoms with Crippen molar-refractivity contribution in [2.75, 3.05) is 16.8 Å². The summed E-state index contributed by atoms with van der Waals surface area (Å²) in [6.45, 7) is 2.69. The number of para-hydroxylation sites is 1. The predicted octanol–water partition coefficient (Wildman–Crippen LogP) is 5.89. The molecule has 0 aromatic heterocycles. The molecule has 0 spiro atoms. The molecule has 0 radical (unpaired) electrons. The number of nitrogens with zero attached hydrogens (tertiary/aromatic N) is 2. The molecule has 6 nitrogen and oxygen atoms in total. The van der Waals surface area contributed by atoms with Crippen LogP contribution >= 0.6 is 12.2 Å². The van der Waals surface area contributed by atoms with Crippen molar-refractivity contribution in [2.24, 2.45) is 0 Å². The van der Waals surface area contributed by atoms with Crippen molar-refractivity contribution < 1.29 is 27.5 Å². The molecule has 3 rings (SSSR count). The number of rotatable bonds is 11. The van der Waals surface area contributed by atoms with Crippen molar-refractivity contribution in [3.63, 3.8) is 0 Å². The summed E-state index contributed by atoms with van der Waals surface area (Å²) in [7, 11) is 0. The van der Waals surface area contributed by atoms with E-state index in [2.05, 4.69) is 17.0 Å². The molecule has 1 fully saturated rings. The summed E-state index contributed by atoms with van der Waals surface area (Å²) in [5.41, 5.74) is 0.935. The zero-order chi connectivity index (χ0) is 25.4. The molecule has 188 valence electrons. The highest BCUT2D eigenvalue weighted by Crippen LogP contribution is 2.28. The minimum atomic E-state index is -4.79. The van der Waals surface area contributed by atoms with Crippen LogP contribution in [0.1, 0.15) is 45.4 Å². The van der Waals surface area contributed by atoms with E-state index in [-0.39, 0.29) is 18.1 Å². The molecule has 1 atom stereocenters. The van der Waals surface area contributed by atoms with Crippen LogP contribution in [0.25, 0.3) is 0 Å². The average Bonchev–Trinajstić information content (AvgIpc) is 3.03. The lowest BCUT2D eigenvalue weighted by Gasteiger charge is -2.24. The van der Waals surface area contributed by atoms with Gasteiger partial charge >= 0.3 is 6.36 Å². The average molecular weight is 508 g/mol. The number of benzene rings is 2. The van der Waals surface area contributed by atoms with E-state index in [0.29, 0.717) is 23.0 Å². The van der Waals surface area contributed by atoms with Crippen LogP contribution < -0.4 is 15.0 Å². The first kappa shape index (κ1) is 26.5. The number of carbonyl (C=O) groups excluding carboxylic acids is 2. The standard InChI is InChI=1S/C25H28F3N3O3S/c1-2-3-4-5-9-16-30-21(23(33)31(24(30)35)19-10-7-6-8-11-19)17-22(32)29-18-12-14-20(15-13-18)34-25(26,27)28/h6-8,10-15,21H,2-5,9,16-17H2,1H3,(H,29,32)/t21-/m1/s1. The second-order valence-electron chi connectivity index (χ2n) is 8.24. The number of hydrogen-bond acceptors (Lipinski definition) is 4. The van der Waals surface area contributed by atoms with E-state index in [1.54, 1.807) is 17.0 Å². The van der Waals surface area contributed by atoms with Crippen molar-refractivity contribution in [1.29, 1.82) is 0 Å². The Morgan fingerprint density at radius 1 is 1.03 bits per heavy atom. The minimum Gasteiger partial charge on any atom is -0.406 e. The molecule has 2 aromatic rings. The summed E-state index contributed by atoms with van der Waals surface area (Å²) in [6, 6.07) is 13.1. The van der Waals surface area contributed by atoms with E-state index in [4.69, 9.17) is 12.2 Å². The molecular formula is C25H28F3N3O3S.